The molecule has 5 rings (SSSR count). The largest absolute Gasteiger partial charge is 0.493 e. The second kappa shape index (κ2) is 6.42. The Morgan fingerprint density at radius 2 is 1.93 bits per heavy atom. The number of ketones is 1. The number of urea groups is 1. The first-order valence-corrected chi connectivity index (χ1v) is 10.2. The van der Waals surface area contributed by atoms with E-state index in [1.54, 1.807) is 12.1 Å². The molecule has 7 heteroatoms. The van der Waals surface area contributed by atoms with Gasteiger partial charge in [0, 0.05) is 16.7 Å². The van der Waals surface area contributed by atoms with E-state index in [4.69, 9.17) is 4.74 Å². The first-order chi connectivity index (χ1) is 14.0. The van der Waals surface area contributed by atoms with Crippen molar-refractivity contribution in [1.82, 2.24) is 10.2 Å². The SMILES string of the molecule is Cc1c(C(=O)CN2C(=O)NC3(CCOc4ccccc43)C2=O)sc2ccccc12. The molecule has 29 heavy (non-hydrogen) atoms. The molecule has 1 atom stereocenters. The summed E-state index contributed by atoms with van der Waals surface area (Å²) >= 11 is 1.39. The van der Waals surface area contributed by atoms with Gasteiger partial charge in [-0.15, -0.1) is 11.3 Å². The molecule has 1 unspecified atom stereocenters. The van der Waals surface area contributed by atoms with Crippen molar-refractivity contribution >= 4 is 39.1 Å². The van der Waals surface area contributed by atoms with Gasteiger partial charge in [0.2, 0.25) is 0 Å². The minimum absolute atomic E-state index is 0.232. The summed E-state index contributed by atoms with van der Waals surface area (Å²) in [6.07, 6.45) is 0.335. The van der Waals surface area contributed by atoms with Crippen LogP contribution in [0, 0.1) is 6.92 Å². The average molecular weight is 406 g/mol. The van der Waals surface area contributed by atoms with Crippen LogP contribution in [0.1, 0.15) is 27.2 Å². The highest BCUT2D eigenvalue weighted by atomic mass is 32.1. The lowest BCUT2D eigenvalue weighted by Gasteiger charge is -2.33. The highest BCUT2D eigenvalue weighted by molar-refractivity contribution is 7.21. The number of imide groups is 1. The summed E-state index contributed by atoms with van der Waals surface area (Å²) in [5.74, 6) is -0.0455. The van der Waals surface area contributed by atoms with E-state index in [0.717, 1.165) is 20.5 Å². The molecule has 1 saturated heterocycles. The molecule has 146 valence electrons. The summed E-state index contributed by atoms with van der Waals surface area (Å²) in [7, 11) is 0. The number of fused-ring (bicyclic) bond motifs is 3. The number of aryl methyl sites for hydroxylation is 1. The number of thiophene rings is 1. The van der Waals surface area contributed by atoms with E-state index in [1.165, 1.54) is 11.3 Å². The monoisotopic (exact) mass is 406 g/mol. The van der Waals surface area contributed by atoms with Gasteiger partial charge in [-0.2, -0.15) is 0 Å². The van der Waals surface area contributed by atoms with Crippen LogP contribution in [-0.4, -0.2) is 35.8 Å². The number of nitrogens with zero attached hydrogens (tertiary/aromatic N) is 1. The Labute approximate surface area is 171 Å². The summed E-state index contributed by atoms with van der Waals surface area (Å²) in [5.41, 5.74) is 0.355. The van der Waals surface area contributed by atoms with Gasteiger partial charge in [-0.3, -0.25) is 14.5 Å². The third-order valence-electron chi connectivity index (χ3n) is 5.66. The molecule has 1 spiro atoms. The zero-order chi connectivity index (χ0) is 20.2. The zero-order valence-corrected chi connectivity index (χ0v) is 16.5. The summed E-state index contributed by atoms with van der Waals surface area (Å²) in [4.78, 5) is 40.6. The van der Waals surface area contributed by atoms with Crippen LogP contribution in [0.4, 0.5) is 4.79 Å². The fourth-order valence-corrected chi connectivity index (χ4v) is 5.31. The number of nitrogens with one attached hydrogen (secondary N) is 1. The molecule has 3 aromatic rings. The van der Waals surface area contributed by atoms with Crippen LogP contribution in [0.5, 0.6) is 5.75 Å². The topological polar surface area (TPSA) is 75.7 Å². The van der Waals surface area contributed by atoms with Crippen LogP contribution < -0.4 is 10.1 Å². The number of ether oxygens (including phenoxy) is 1. The van der Waals surface area contributed by atoms with Gasteiger partial charge in [0.1, 0.15) is 5.75 Å². The van der Waals surface area contributed by atoms with Crippen molar-refractivity contribution in [2.45, 2.75) is 18.9 Å². The maximum absolute atomic E-state index is 13.3. The Bertz CT molecular complexity index is 1180. The predicted molar refractivity (Wildman–Crippen MR) is 109 cm³/mol. The molecule has 1 N–H and O–H groups in total. The molecule has 6 nitrogen and oxygen atoms in total. The number of Topliss-reactive ketones (excluding diaryl/α,β-unsaturated/α-hetero) is 1. The van der Waals surface area contributed by atoms with Crippen molar-refractivity contribution in [2.24, 2.45) is 0 Å². The van der Waals surface area contributed by atoms with Crippen molar-refractivity contribution in [3.63, 3.8) is 0 Å². The third kappa shape index (κ3) is 2.57. The first kappa shape index (κ1) is 17.9. The third-order valence-corrected chi connectivity index (χ3v) is 6.97. The maximum Gasteiger partial charge on any atom is 0.325 e. The lowest BCUT2D eigenvalue weighted by Crippen LogP contribution is -2.47. The van der Waals surface area contributed by atoms with Gasteiger partial charge in [0.25, 0.3) is 5.91 Å². The van der Waals surface area contributed by atoms with E-state index in [1.807, 2.05) is 43.3 Å². The van der Waals surface area contributed by atoms with Gasteiger partial charge in [-0.05, 0) is 30.0 Å². The second-order valence-electron chi connectivity index (χ2n) is 7.30. The normalized spacial score (nSPS) is 20.7. The van der Waals surface area contributed by atoms with Crippen LogP contribution >= 0.6 is 11.3 Å². The van der Waals surface area contributed by atoms with Gasteiger partial charge < -0.3 is 10.1 Å². The van der Waals surface area contributed by atoms with Crippen molar-refractivity contribution in [2.75, 3.05) is 13.2 Å². The molecule has 1 fully saturated rings. The molecule has 0 radical (unpaired) electrons. The van der Waals surface area contributed by atoms with E-state index in [9.17, 15) is 14.4 Å². The van der Waals surface area contributed by atoms with Crippen molar-refractivity contribution in [1.29, 1.82) is 0 Å². The summed E-state index contributed by atoms with van der Waals surface area (Å²) in [6.45, 7) is 1.94. The first-order valence-electron chi connectivity index (χ1n) is 9.39. The van der Waals surface area contributed by atoms with E-state index in [2.05, 4.69) is 5.32 Å². The molecule has 1 aromatic heterocycles. The van der Waals surface area contributed by atoms with E-state index >= 15 is 0 Å². The van der Waals surface area contributed by atoms with E-state index in [-0.39, 0.29) is 12.3 Å². The van der Waals surface area contributed by atoms with Crippen molar-refractivity contribution < 1.29 is 19.1 Å². The lowest BCUT2D eigenvalue weighted by molar-refractivity contribution is -0.132. The molecular formula is C22H18N2O4S. The van der Waals surface area contributed by atoms with Gasteiger partial charge >= 0.3 is 6.03 Å². The Morgan fingerprint density at radius 3 is 2.76 bits per heavy atom. The van der Waals surface area contributed by atoms with Crippen LogP contribution in [0.3, 0.4) is 0 Å². The molecule has 2 aliphatic rings. The minimum Gasteiger partial charge on any atom is -0.493 e. The average Bonchev–Trinajstić information content (AvgIpc) is 3.19. The molecule has 0 aliphatic carbocycles. The molecule has 2 aromatic carbocycles. The van der Waals surface area contributed by atoms with Crippen LogP contribution in [-0.2, 0) is 10.3 Å². The Kier molecular flexibility index (Phi) is 3.96. The maximum atomic E-state index is 13.3. The highest BCUT2D eigenvalue weighted by Gasteiger charge is 2.55. The summed E-state index contributed by atoms with van der Waals surface area (Å²) in [5, 5.41) is 3.85. The number of amides is 3. The Balaban J connectivity index is 1.47. The fourth-order valence-electron chi connectivity index (χ4n) is 4.17. The number of hydrogen-bond donors (Lipinski definition) is 1. The number of rotatable bonds is 3. The molecule has 3 amide bonds. The predicted octanol–water partition coefficient (Wildman–Crippen LogP) is 3.62. The molecule has 3 heterocycles. The van der Waals surface area contributed by atoms with Crippen molar-refractivity contribution in [3.05, 3.63) is 64.5 Å². The highest BCUT2D eigenvalue weighted by Crippen LogP contribution is 2.41. The summed E-state index contributed by atoms with van der Waals surface area (Å²) in [6, 6.07) is 14.5. The molecule has 0 bridgehead atoms. The van der Waals surface area contributed by atoms with E-state index < -0.39 is 17.5 Å². The van der Waals surface area contributed by atoms with Crippen LogP contribution in [0.15, 0.2) is 48.5 Å². The number of carbonyl (C=O) groups is 3. The van der Waals surface area contributed by atoms with Gasteiger partial charge in [-0.1, -0.05) is 36.4 Å². The van der Waals surface area contributed by atoms with Crippen LogP contribution in [0.25, 0.3) is 10.1 Å². The van der Waals surface area contributed by atoms with Crippen LogP contribution in [0.2, 0.25) is 0 Å². The smallest absolute Gasteiger partial charge is 0.325 e. The standard InChI is InChI=1S/C22H18N2O4S/c1-13-14-6-2-5-9-18(14)29-19(13)16(25)12-24-20(26)22(23-21(24)27)10-11-28-17-8-4-3-7-15(17)22/h2-9H,10-12H2,1H3,(H,23,27). The fraction of sp³-hybridized carbons (Fsp3) is 0.227. The van der Waals surface area contributed by atoms with Gasteiger partial charge in [-0.25, -0.2) is 4.79 Å². The number of hydrogen-bond acceptors (Lipinski definition) is 5. The number of benzene rings is 2. The molecule has 2 aliphatic heterocycles. The second-order valence-corrected chi connectivity index (χ2v) is 8.35. The lowest BCUT2D eigenvalue weighted by atomic mass is 9.84. The number of para-hydroxylation sites is 1. The van der Waals surface area contributed by atoms with Crippen molar-refractivity contribution in [3.8, 4) is 5.75 Å². The quantitative estimate of drug-likeness (QED) is 0.532. The van der Waals surface area contributed by atoms with E-state index in [0.29, 0.717) is 29.2 Å². The molecular weight excluding hydrogens is 388 g/mol. The zero-order valence-electron chi connectivity index (χ0n) is 15.7. The number of carbonyl (C=O) groups excluding carboxylic acids is 3. The minimum atomic E-state index is -1.17. The van der Waals surface area contributed by atoms with Gasteiger partial charge in [0.05, 0.1) is 18.0 Å². The summed E-state index contributed by atoms with van der Waals surface area (Å²) < 4.78 is 6.66. The molecule has 0 saturated carbocycles. The van der Waals surface area contributed by atoms with Gasteiger partial charge in [0.15, 0.2) is 11.3 Å². The Hall–Kier alpha value is -3.19. The Morgan fingerprint density at radius 1 is 1.17 bits per heavy atom.